The minimum Gasteiger partial charge on any atom is -0.456 e. The Morgan fingerprint density at radius 2 is 1.86 bits per heavy atom. The molecule has 1 fully saturated rings. The average Bonchev–Trinajstić information content (AvgIpc) is 3.44. The zero-order chi connectivity index (χ0) is 24.5. The number of nitrogens with one attached hydrogen (secondary N) is 1. The third-order valence-electron chi connectivity index (χ3n) is 6.87. The van der Waals surface area contributed by atoms with Gasteiger partial charge in [0.1, 0.15) is 17.1 Å². The molecule has 2 aromatic carbocycles. The van der Waals surface area contributed by atoms with Crippen molar-refractivity contribution in [3.8, 4) is 11.3 Å². The van der Waals surface area contributed by atoms with E-state index in [0.29, 0.717) is 28.6 Å². The minimum absolute atomic E-state index is 0.00770. The van der Waals surface area contributed by atoms with Crippen molar-refractivity contribution in [2.75, 3.05) is 11.9 Å². The number of aliphatic hydroxyl groups excluding tert-OH is 1. The normalized spacial score (nSPS) is 21.8. The number of ether oxygens (including phenoxy) is 1. The van der Waals surface area contributed by atoms with Gasteiger partial charge in [0, 0.05) is 29.7 Å². The summed E-state index contributed by atoms with van der Waals surface area (Å²) in [6.45, 7) is 3.91. The highest BCUT2D eigenvalue weighted by atomic mass is 35.5. The smallest absolute Gasteiger partial charge is 0.338 e. The molecular formula is C27H27ClN4O3. The van der Waals surface area contributed by atoms with Crippen LogP contribution >= 0.6 is 11.6 Å². The fourth-order valence-electron chi connectivity index (χ4n) is 4.80. The summed E-state index contributed by atoms with van der Waals surface area (Å²) in [7, 11) is 0. The first kappa shape index (κ1) is 23.3. The summed E-state index contributed by atoms with van der Waals surface area (Å²) in [6, 6.07) is 20.5. The summed E-state index contributed by atoms with van der Waals surface area (Å²) in [4.78, 5) is 17.4. The number of aromatic nitrogens is 3. The highest BCUT2D eigenvalue weighted by molar-refractivity contribution is 6.30. The maximum Gasteiger partial charge on any atom is 0.338 e. The molecule has 0 bridgehead atoms. The number of fused-ring (bicyclic) bond motifs is 1. The third kappa shape index (κ3) is 4.49. The van der Waals surface area contributed by atoms with Crippen LogP contribution in [0.5, 0.6) is 0 Å². The molecule has 7 nitrogen and oxygen atoms in total. The van der Waals surface area contributed by atoms with Gasteiger partial charge in [-0.2, -0.15) is 9.61 Å². The van der Waals surface area contributed by atoms with E-state index < -0.39 is 6.10 Å². The van der Waals surface area contributed by atoms with E-state index in [-0.39, 0.29) is 30.5 Å². The topological polar surface area (TPSA) is 88.8 Å². The number of carbonyl (C=O) groups is 1. The largest absolute Gasteiger partial charge is 0.456 e. The molecule has 0 saturated heterocycles. The highest BCUT2D eigenvalue weighted by Crippen LogP contribution is 2.37. The molecule has 4 aromatic rings. The number of aliphatic hydroxyl groups is 1. The molecule has 1 saturated carbocycles. The quantitative estimate of drug-likeness (QED) is 0.291. The Bertz CT molecular complexity index is 1340. The zero-order valence-corrected chi connectivity index (χ0v) is 20.3. The summed E-state index contributed by atoms with van der Waals surface area (Å²) in [5.74, 6) is 0.272. The summed E-state index contributed by atoms with van der Waals surface area (Å²) in [6.07, 6.45) is 0.198. The molecule has 35 heavy (non-hydrogen) atoms. The molecule has 1 aliphatic carbocycles. The zero-order valence-electron chi connectivity index (χ0n) is 19.6. The van der Waals surface area contributed by atoms with E-state index in [1.54, 1.807) is 16.6 Å². The number of esters is 1. The molecule has 1 aliphatic rings. The fourth-order valence-corrected chi connectivity index (χ4v) is 4.97. The second-order valence-corrected chi connectivity index (χ2v) is 9.42. The SMILES string of the molecule is Cc1c(Cl)nc2cc(-c3ccccc3)nn2c1N[C@@H]1C[C@H](CO)[C@@H](C)[C@H]1OC(=O)c1ccccc1. The fraction of sp³-hybridized carbons (Fsp3) is 0.296. The van der Waals surface area contributed by atoms with Crippen LogP contribution in [0.2, 0.25) is 5.15 Å². The molecule has 0 spiro atoms. The molecule has 0 unspecified atom stereocenters. The molecular weight excluding hydrogens is 464 g/mol. The molecule has 4 atom stereocenters. The van der Waals surface area contributed by atoms with Crippen LogP contribution < -0.4 is 5.32 Å². The summed E-state index contributed by atoms with van der Waals surface area (Å²) < 4.78 is 7.74. The van der Waals surface area contributed by atoms with Crippen LogP contribution in [-0.2, 0) is 4.74 Å². The predicted molar refractivity (Wildman–Crippen MR) is 136 cm³/mol. The summed E-state index contributed by atoms with van der Waals surface area (Å²) in [5, 5.41) is 18.7. The predicted octanol–water partition coefficient (Wildman–Crippen LogP) is 5.01. The monoisotopic (exact) mass is 490 g/mol. The van der Waals surface area contributed by atoms with Gasteiger partial charge in [-0.15, -0.1) is 0 Å². The lowest BCUT2D eigenvalue weighted by Crippen LogP contribution is -2.36. The lowest BCUT2D eigenvalue weighted by molar-refractivity contribution is 0.0154. The van der Waals surface area contributed by atoms with Crippen molar-refractivity contribution >= 4 is 29.0 Å². The number of carbonyl (C=O) groups excluding carboxylic acids is 1. The Balaban J connectivity index is 1.49. The second-order valence-electron chi connectivity index (χ2n) is 9.07. The first-order valence-electron chi connectivity index (χ1n) is 11.7. The van der Waals surface area contributed by atoms with Crippen molar-refractivity contribution in [3.05, 3.63) is 83.0 Å². The second kappa shape index (κ2) is 9.68. The Morgan fingerprint density at radius 1 is 1.17 bits per heavy atom. The molecule has 8 heteroatoms. The lowest BCUT2D eigenvalue weighted by atomic mass is 9.98. The van der Waals surface area contributed by atoms with Gasteiger partial charge in [-0.25, -0.2) is 9.78 Å². The summed E-state index contributed by atoms with van der Waals surface area (Å²) in [5.41, 5.74) is 3.61. The highest BCUT2D eigenvalue weighted by Gasteiger charge is 2.43. The van der Waals surface area contributed by atoms with Gasteiger partial charge in [-0.3, -0.25) is 0 Å². The van der Waals surface area contributed by atoms with Crippen molar-refractivity contribution in [1.29, 1.82) is 0 Å². The average molecular weight is 491 g/mol. The van der Waals surface area contributed by atoms with Gasteiger partial charge in [-0.1, -0.05) is 67.1 Å². The first-order valence-corrected chi connectivity index (χ1v) is 12.1. The van der Waals surface area contributed by atoms with Crippen LogP contribution in [0.3, 0.4) is 0 Å². The maximum atomic E-state index is 12.9. The Hall–Kier alpha value is -3.42. The van der Waals surface area contributed by atoms with Crippen LogP contribution in [0.4, 0.5) is 5.82 Å². The molecule has 0 aliphatic heterocycles. The van der Waals surface area contributed by atoms with Crippen LogP contribution in [0, 0.1) is 18.8 Å². The van der Waals surface area contributed by atoms with Crippen LogP contribution in [0.1, 0.15) is 29.3 Å². The lowest BCUT2D eigenvalue weighted by Gasteiger charge is -2.26. The third-order valence-corrected chi connectivity index (χ3v) is 7.24. The number of benzene rings is 2. The van der Waals surface area contributed by atoms with E-state index in [0.717, 1.165) is 16.8 Å². The molecule has 5 rings (SSSR count). The molecule has 0 amide bonds. The van der Waals surface area contributed by atoms with E-state index in [2.05, 4.69) is 10.3 Å². The van der Waals surface area contributed by atoms with E-state index in [1.807, 2.05) is 68.4 Å². The Morgan fingerprint density at radius 3 is 2.54 bits per heavy atom. The first-order chi connectivity index (χ1) is 17.0. The van der Waals surface area contributed by atoms with Gasteiger partial charge in [0.25, 0.3) is 0 Å². The molecule has 180 valence electrons. The van der Waals surface area contributed by atoms with E-state index in [9.17, 15) is 9.90 Å². The van der Waals surface area contributed by atoms with Crippen molar-refractivity contribution in [1.82, 2.24) is 14.6 Å². The number of rotatable bonds is 6. The van der Waals surface area contributed by atoms with E-state index in [1.165, 1.54) is 0 Å². The van der Waals surface area contributed by atoms with Crippen molar-refractivity contribution < 1.29 is 14.6 Å². The van der Waals surface area contributed by atoms with Gasteiger partial charge in [-0.05, 0) is 31.4 Å². The molecule has 2 aromatic heterocycles. The minimum atomic E-state index is -0.439. The Labute approximate surface area is 208 Å². The van der Waals surface area contributed by atoms with Gasteiger partial charge in [0.2, 0.25) is 0 Å². The molecule has 0 radical (unpaired) electrons. The van der Waals surface area contributed by atoms with Gasteiger partial charge in [0.15, 0.2) is 5.65 Å². The van der Waals surface area contributed by atoms with Gasteiger partial charge in [0.05, 0.1) is 17.3 Å². The van der Waals surface area contributed by atoms with E-state index >= 15 is 0 Å². The number of nitrogens with zero attached hydrogens (tertiary/aromatic N) is 3. The number of halogens is 1. The van der Waals surface area contributed by atoms with Crippen LogP contribution in [0.15, 0.2) is 66.7 Å². The number of anilines is 1. The van der Waals surface area contributed by atoms with Gasteiger partial charge >= 0.3 is 5.97 Å². The van der Waals surface area contributed by atoms with Crippen molar-refractivity contribution in [2.45, 2.75) is 32.4 Å². The molecule has 2 heterocycles. The van der Waals surface area contributed by atoms with Crippen molar-refractivity contribution in [2.24, 2.45) is 11.8 Å². The number of hydrogen-bond acceptors (Lipinski definition) is 6. The Kier molecular flexibility index (Phi) is 6.45. The van der Waals surface area contributed by atoms with Crippen molar-refractivity contribution in [3.63, 3.8) is 0 Å². The standard InChI is InChI=1S/C27H27ClN4O3/c1-16-20(15-33)13-22(24(16)35-27(34)19-11-7-4-8-12-19)29-26-17(2)25(28)30-23-14-21(31-32(23)26)18-9-5-3-6-10-18/h3-12,14,16,20,22,24,29,33H,13,15H2,1-2H3/t16-,20-,22-,24-/m1/s1. The maximum absolute atomic E-state index is 12.9. The molecule has 2 N–H and O–H groups in total. The van der Waals surface area contributed by atoms with Gasteiger partial charge < -0.3 is 15.2 Å². The van der Waals surface area contributed by atoms with Crippen LogP contribution in [0.25, 0.3) is 16.9 Å². The summed E-state index contributed by atoms with van der Waals surface area (Å²) >= 11 is 6.50. The van der Waals surface area contributed by atoms with Crippen LogP contribution in [-0.4, -0.2) is 44.4 Å². The van der Waals surface area contributed by atoms with E-state index in [4.69, 9.17) is 21.4 Å². The number of hydrogen-bond donors (Lipinski definition) is 2.